The zero-order chi connectivity index (χ0) is 16.7. The average Bonchev–Trinajstić information content (AvgIpc) is 2.99. The molecule has 0 aliphatic rings. The van der Waals surface area contributed by atoms with Crippen LogP contribution in [0.25, 0.3) is 0 Å². The van der Waals surface area contributed by atoms with Crippen molar-refractivity contribution in [2.45, 2.75) is 18.2 Å². The van der Waals surface area contributed by atoms with Gasteiger partial charge in [-0.2, -0.15) is 0 Å². The van der Waals surface area contributed by atoms with Gasteiger partial charge < -0.3 is 14.8 Å². The van der Waals surface area contributed by atoms with Crippen LogP contribution in [-0.4, -0.2) is 40.5 Å². The Kier molecular flexibility index (Phi) is 6.22. The zero-order valence-corrected chi connectivity index (χ0v) is 14.2. The minimum absolute atomic E-state index is 0.0279. The third-order valence-electron chi connectivity index (χ3n) is 3.18. The van der Waals surface area contributed by atoms with Gasteiger partial charge in [-0.3, -0.25) is 4.79 Å². The summed E-state index contributed by atoms with van der Waals surface area (Å²) in [6, 6.07) is 8.11. The Labute approximate surface area is 140 Å². The predicted octanol–water partition coefficient (Wildman–Crippen LogP) is 1.94. The van der Waals surface area contributed by atoms with Crippen LogP contribution < -0.4 is 10.2 Å². The topological polar surface area (TPSA) is 63.1 Å². The van der Waals surface area contributed by atoms with Crippen molar-refractivity contribution in [2.75, 3.05) is 24.7 Å². The van der Waals surface area contributed by atoms with Gasteiger partial charge in [0.1, 0.15) is 6.33 Å². The van der Waals surface area contributed by atoms with Gasteiger partial charge in [-0.15, -0.1) is 16.8 Å². The summed E-state index contributed by atoms with van der Waals surface area (Å²) in [6.07, 6.45) is 3.40. The SMILES string of the molecule is C=CCn1cnnc1SCC(=O)NCc1ccc(N(C)C)cc1. The van der Waals surface area contributed by atoms with Gasteiger partial charge in [0.2, 0.25) is 5.91 Å². The Morgan fingerprint density at radius 1 is 1.39 bits per heavy atom. The lowest BCUT2D eigenvalue weighted by Gasteiger charge is -2.12. The number of carbonyl (C=O) groups excluding carboxylic acids is 1. The van der Waals surface area contributed by atoms with Crippen molar-refractivity contribution >= 4 is 23.4 Å². The molecule has 0 unspecified atom stereocenters. The van der Waals surface area contributed by atoms with E-state index >= 15 is 0 Å². The van der Waals surface area contributed by atoms with E-state index < -0.39 is 0 Å². The average molecular weight is 331 g/mol. The summed E-state index contributed by atoms with van der Waals surface area (Å²) in [5.74, 6) is 0.283. The van der Waals surface area contributed by atoms with Crippen molar-refractivity contribution in [3.05, 3.63) is 48.8 Å². The third-order valence-corrected chi connectivity index (χ3v) is 4.16. The molecule has 23 heavy (non-hydrogen) atoms. The summed E-state index contributed by atoms with van der Waals surface area (Å²) in [6.45, 7) is 4.84. The maximum Gasteiger partial charge on any atom is 0.230 e. The van der Waals surface area contributed by atoms with Crippen LogP contribution in [0.2, 0.25) is 0 Å². The molecule has 0 bridgehead atoms. The van der Waals surface area contributed by atoms with Gasteiger partial charge in [0.15, 0.2) is 5.16 Å². The molecule has 0 saturated carbocycles. The van der Waals surface area contributed by atoms with Crippen molar-refractivity contribution in [3.63, 3.8) is 0 Å². The molecule has 122 valence electrons. The number of thioether (sulfide) groups is 1. The second-order valence-corrected chi connectivity index (χ2v) is 6.12. The lowest BCUT2D eigenvalue weighted by Crippen LogP contribution is -2.24. The van der Waals surface area contributed by atoms with Gasteiger partial charge in [-0.1, -0.05) is 30.0 Å². The number of nitrogens with one attached hydrogen (secondary N) is 1. The number of anilines is 1. The summed E-state index contributed by atoms with van der Waals surface area (Å²) < 4.78 is 1.85. The van der Waals surface area contributed by atoms with E-state index in [1.165, 1.54) is 11.8 Å². The summed E-state index contributed by atoms with van der Waals surface area (Å²) >= 11 is 1.37. The molecule has 0 saturated heterocycles. The predicted molar refractivity (Wildman–Crippen MR) is 93.6 cm³/mol. The molecule has 7 heteroatoms. The number of hydrogen-bond acceptors (Lipinski definition) is 5. The van der Waals surface area contributed by atoms with Crippen molar-refractivity contribution in [2.24, 2.45) is 0 Å². The molecule has 1 amide bonds. The molecule has 1 heterocycles. The first-order chi connectivity index (χ1) is 11.1. The zero-order valence-electron chi connectivity index (χ0n) is 13.4. The minimum Gasteiger partial charge on any atom is -0.378 e. The lowest BCUT2D eigenvalue weighted by molar-refractivity contribution is -0.118. The fourth-order valence-electron chi connectivity index (χ4n) is 1.91. The van der Waals surface area contributed by atoms with E-state index in [0.717, 1.165) is 16.4 Å². The standard InChI is InChI=1S/C16H21N5OS/c1-4-9-21-12-18-19-16(21)23-11-15(22)17-10-13-5-7-14(8-6-13)20(2)3/h4-8,12H,1,9-11H2,2-3H3,(H,17,22). The number of carbonyl (C=O) groups is 1. The van der Waals surface area contributed by atoms with Crippen molar-refractivity contribution in [1.29, 1.82) is 0 Å². The fourth-order valence-corrected chi connectivity index (χ4v) is 2.67. The maximum absolute atomic E-state index is 11.9. The van der Waals surface area contributed by atoms with Gasteiger partial charge in [0, 0.05) is 32.9 Å². The van der Waals surface area contributed by atoms with Crippen LogP contribution in [-0.2, 0) is 17.9 Å². The molecule has 1 aromatic heterocycles. The smallest absolute Gasteiger partial charge is 0.230 e. The third kappa shape index (κ3) is 5.14. The Hall–Kier alpha value is -2.28. The highest BCUT2D eigenvalue weighted by molar-refractivity contribution is 7.99. The first kappa shape index (κ1) is 17.1. The van der Waals surface area contributed by atoms with Gasteiger partial charge in [0.05, 0.1) is 5.75 Å². The maximum atomic E-state index is 11.9. The first-order valence-electron chi connectivity index (χ1n) is 7.24. The van der Waals surface area contributed by atoms with Crippen LogP contribution in [0.4, 0.5) is 5.69 Å². The lowest BCUT2D eigenvalue weighted by atomic mass is 10.2. The van der Waals surface area contributed by atoms with Crippen LogP contribution in [0.15, 0.2) is 48.4 Å². The Morgan fingerprint density at radius 3 is 2.78 bits per heavy atom. The Morgan fingerprint density at radius 2 is 2.13 bits per heavy atom. The molecule has 0 radical (unpaired) electrons. The summed E-state index contributed by atoms with van der Waals surface area (Å²) in [7, 11) is 4.00. The highest BCUT2D eigenvalue weighted by Gasteiger charge is 2.08. The number of rotatable bonds is 8. The summed E-state index contributed by atoms with van der Waals surface area (Å²) in [4.78, 5) is 14.0. The van der Waals surface area contributed by atoms with Gasteiger partial charge in [0.25, 0.3) is 0 Å². The van der Waals surface area contributed by atoms with E-state index in [-0.39, 0.29) is 5.91 Å². The minimum atomic E-state index is -0.0279. The Bertz CT molecular complexity index is 651. The molecule has 2 aromatic rings. The van der Waals surface area contributed by atoms with E-state index in [0.29, 0.717) is 18.8 Å². The van der Waals surface area contributed by atoms with E-state index in [4.69, 9.17) is 0 Å². The quantitative estimate of drug-likeness (QED) is 0.592. The number of allylic oxidation sites excluding steroid dienone is 1. The number of nitrogens with zero attached hydrogens (tertiary/aromatic N) is 4. The monoisotopic (exact) mass is 331 g/mol. The molecule has 1 N–H and O–H groups in total. The fraction of sp³-hybridized carbons (Fsp3) is 0.312. The van der Waals surface area contributed by atoms with Crippen molar-refractivity contribution in [3.8, 4) is 0 Å². The molecule has 6 nitrogen and oxygen atoms in total. The molecular weight excluding hydrogens is 310 g/mol. The summed E-state index contributed by atoms with van der Waals surface area (Å²) in [5, 5.41) is 11.5. The molecule has 0 atom stereocenters. The Balaban J connectivity index is 1.78. The number of hydrogen-bond donors (Lipinski definition) is 1. The largest absolute Gasteiger partial charge is 0.378 e. The van der Waals surface area contributed by atoms with E-state index in [1.54, 1.807) is 12.4 Å². The van der Waals surface area contributed by atoms with Gasteiger partial charge >= 0.3 is 0 Å². The highest BCUT2D eigenvalue weighted by Crippen LogP contribution is 2.15. The van der Waals surface area contributed by atoms with E-state index in [1.807, 2.05) is 47.8 Å². The highest BCUT2D eigenvalue weighted by atomic mass is 32.2. The first-order valence-corrected chi connectivity index (χ1v) is 8.23. The van der Waals surface area contributed by atoms with Crippen LogP contribution in [0, 0.1) is 0 Å². The van der Waals surface area contributed by atoms with Crippen LogP contribution in [0.3, 0.4) is 0 Å². The summed E-state index contributed by atoms with van der Waals surface area (Å²) in [5.41, 5.74) is 2.21. The number of amides is 1. The van der Waals surface area contributed by atoms with Crippen LogP contribution >= 0.6 is 11.8 Å². The molecular formula is C16H21N5OS. The normalized spacial score (nSPS) is 10.3. The molecule has 2 rings (SSSR count). The second-order valence-electron chi connectivity index (χ2n) is 5.18. The molecule has 0 spiro atoms. The van der Waals surface area contributed by atoms with Crippen LogP contribution in [0.1, 0.15) is 5.56 Å². The van der Waals surface area contributed by atoms with Gasteiger partial charge in [-0.25, -0.2) is 0 Å². The van der Waals surface area contributed by atoms with E-state index in [2.05, 4.69) is 22.1 Å². The van der Waals surface area contributed by atoms with Crippen molar-refractivity contribution in [1.82, 2.24) is 20.1 Å². The van der Waals surface area contributed by atoms with E-state index in [9.17, 15) is 4.79 Å². The second kappa shape index (κ2) is 8.38. The number of benzene rings is 1. The van der Waals surface area contributed by atoms with Crippen molar-refractivity contribution < 1.29 is 4.79 Å². The molecule has 0 aliphatic heterocycles. The molecule has 1 aromatic carbocycles. The molecule has 0 aliphatic carbocycles. The number of aromatic nitrogens is 3. The van der Waals surface area contributed by atoms with Crippen LogP contribution in [0.5, 0.6) is 0 Å². The van der Waals surface area contributed by atoms with Gasteiger partial charge in [-0.05, 0) is 17.7 Å². The molecule has 0 fully saturated rings.